The number of hydrogen-bond donors (Lipinski definition) is 1. The molecule has 0 atom stereocenters. The fourth-order valence-corrected chi connectivity index (χ4v) is 2.41. The Labute approximate surface area is 113 Å². The molecule has 2 rings (SSSR count). The standard InChI is InChI=1S/C14H19ClN2O/c1-11-5-6-13(17-7-3-2-4-8-17)12(9-11)16-14(18)10-15/h5-6,9H,2-4,7-8,10H2,1H3,(H,16,18). The fraction of sp³-hybridized carbons (Fsp3) is 0.500. The number of carbonyl (C=O) groups excluding carboxylic acids is 1. The smallest absolute Gasteiger partial charge is 0.239 e. The number of alkyl halides is 1. The van der Waals surface area contributed by atoms with Crippen LogP contribution >= 0.6 is 11.6 Å². The van der Waals surface area contributed by atoms with Gasteiger partial charge in [-0.3, -0.25) is 4.79 Å². The second-order valence-corrected chi connectivity index (χ2v) is 5.02. The Morgan fingerprint density at radius 2 is 2.06 bits per heavy atom. The quantitative estimate of drug-likeness (QED) is 0.853. The van der Waals surface area contributed by atoms with Crippen LogP contribution in [0, 0.1) is 6.92 Å². The molecule has 0 aliphatic carbocycles. The summed E-state index contributed by atoms with van der Waals surface area (Å²) in [5.41, 5.74) is 3.13. The summed E-state index contributed by atoms with van der Waals surface area (Å²) in [5.74, 6) is -0.159. The Morgan fingerprint density at radius 1 is 1.33 bits per heavy atom. The normalized spacial score (nSPS) is 15.6. The molecule has 98 valence electrons. The second-order valence-electron chi connectivity index (χ2n) is 4.75. The molecule has 1 aromatic carbocycles. The van der Waals surface area contributed by atoms with Crippen molar-refractivity contribution in [3.05, 3.63) is 23.8 Å². The lowest BCUT2D eigenvalue weighted by molar-refractivity contribution is -0.113. The summed E-state index contributed by atoms with van der Waals surface area (Å²) in [6, 6.07) is 6.18. The molecule has 1 heterocycles. The Bertz CT molecular complexity index is 428. The fourth-order valence-electron chi connectivity index (χ4n) is 2.34. The van der Waals surface area contributed by atoms with E-state index in [-0.39, 0.29) is 11.8 Å². The molecule has 0 unspecified atom stereocenters. The molecule has 0 spiro atoms. The van der Waals surface area contributed by atoms with Crippen LogP contribution in [-0.4, -0.2) is 24.9 Å². The third-order valence-electron chi connectivity index (χ3n) is 3.24. The molecule has 1 saturated heterocycles. The second kappa shape index (κ2) is 6.10. The van der Waals surface area contributed by atoms with E-state index in [0.717, 1.165) is 30.0 Å². The Morgan fingerprint density at radius 3 is 2.72 bits per heavy atom. The zero-order valence-electron chi connectivity index (χ0n) is 10.7. The largest absolute Gasteiger partial charge is 0.370 e. The van der Waals surface area contributed by atoms with Crippen molar-refractivity contribution in [2.24, 2.45) is 0 Å². The van der Waals surface area contributed by atoms with Crippen LogP contribution in [0.1, 0.15) is 24.8 Å². The van der Waals surface area contributed by atoms with Gasteiger partial charge in [0.2, 0.25) is 5.91 Å². The average Bonchev–Trinajstić information content (AvgIpc) is 2.40. The molecular weight excluding hydrogens is 248 g/mol. The van der Waals surface area contributed by atoms with Gasteiger partial charge >= 0.3 is 0 Å². The lowest BCUT2D eigenvalue weighted by atomic mass is 10.1. The highest BCUT2D eigenvalue weighted by Crippen LogP contribution is 2.29. The van der Waals surface area contributed by atoms with E-state index in [0.29, 0.717) is 0 Å². The van der Waals surface area contributed by atoms with E-state index in [4.69, 9.17) is 11.6 Å². The van der Waals surface area contributed by atoms with Gasteiger partial charge in [0.25, 0.3) is 0 Å². The van der Waals surface area contributed by atoms with Crippen LogP contribution in [0.3, 0.4) is 0 Å². The van der Waals surface area contributed by atoms with Gasteiger partial charge in [-0.05, 0) is 43.9 Å². The molecule has 1 aliphatic rings. The minimum Gasteiger partial charge on any atom is -0.370 e. The average molecular weight is 267 g/mol. The van der Waals surface area contributed by atoms with Crippen LogP contribution in [0.5, 0.6) is 0 Å². The van der Waals surface area contributed by atoms with Crippen molar-refractivity contribution < 1.29 is 4.79 Å². The van der Waals surface area contributed by atoms with E-state index in [1.54, 1.807) is 0 Å². The first-order chi connectivity index (χ1) is 8.70. The molecule has 1 aliphatic heterocycles. The van der Waals surface area contributed by atoms with Gasteiger partial charge in [0.05, 0.1) is 11.4 Å². The summed E-state index contributed by atoms with van der Waals surface area (Å²) in [7, 11) is 0. The molecule has 0 aromatic heterocycles. The van der Waals surface area contributed by atoms with Crippen molar-refractivity contribution >= 4 is 28.9 Å². The summed E-state index contributed by atoms with van der Waals surface area (Å²) < 4.78 is 0. The van der Waals surface area contributed by atoms with Gasteiger partial charge in [0.1, 0.15) is 5.88 Å². The minimum atomic E-state index is -0.152. The molecule has 1 fully saturated rings. The zero-order chi connectivity index (χ0) is 13.0. The molecule has 18 heavy (non-hydrogen) atoms. The van der Waals surface area contributed by atoms with Crippen LogP contribution in [0.25, 0.3) is 0 Å². The number of halogens is 1. The highest BCUT2D eigenvalue weighted by molar-refractivity contribution is 6.29. The maximum atomic E-state index is 11.5. The monoisotopic (exact) mass is 266 g/mol. The molecule has 3 nitrogen and oxygen atoms in total. The third kappa shape index (κ3) is 3.16. The maximum absolute atomic E-state index is 11.5. The number of nitrogens with zero attached hydrogens (tertiary/aromatic N) is 1. The molecule has 4 heteroatoms. The highest BCUT2D eigenvalue weighted by Gasteiger charge is 2.15. The van der Waals surface area contributed by atoms with Crippen LogP contribution in [0.4, 0.5) is 11.4 Å². The highest BCUT2D eigenvalue weighted by atomic mass is 35.5. The van der Waals surface area contributed by atoms with E-state index in [1.165, 1.54) is 19.3 Å². The van der Waals surface area contributed by atoms with Gasteiger partial charge in [0, 0.05) is 13.1 Å². The number of amides is 1. The number of anilines is 2. The Balaban J connectivity index is 2.24. The van der Waals surface area contributed by atoms with Gasteiger partial charge in [-0.2, -0.15) is 0 Å². The lowest BCUT2D eigenvalue weighted by Gasteiger charge is -2.30. The maximum Gasteiger partial charge on any atom is 0.239 e. The first-order valence-electron chi connectivity index (χ1n) is 6.42. The van der Waals surface area contributed by atoms with Gasteiger partial charge in [-0.25, -0.2) is 0 Å². The summed E-state index contributed by atoms with van der Waals surface area (Å²) in [6.07, 6.45) is 3.74. The molecular formula is C14H19ClN2O. The number of benzene rings is 1. The zero-order valence-corrected chi connectivity index (χ0v) is 11.5. The number of piperidine rings is 1. The van der Waals surface area contributed by atoms with Crippen molar-refractivity contribution in [1.82, 2.24) is 0 Å². The van der Waals surface area contributed by atoms with E-state index in [9.17, 15) is 4.79 Å². The SMILES string of the molecule is Cc1ccc(N2CCCCC2)c(NC(=O)CCl)c1. The summed E-state index contributed by atoms with van der Waals surface area (Å²) in [4.78, 5) is 13.8. The summed E-state index contributed by atoms with van der Waals surface area (Å²) in [6.45, 7) is 4.15. The number of nitrogens with one attached hydrogen (secondary N) is 1. The van der Waals surface area contributed by atoms with Gasteiger partial charge < -0.3 is 10.2 Å². The Kier molecular flexibility index (Phi) is 4.48. The van der Waals surface area contributed by atoms with E-state index in [1.807, 2.05) is 13.0 Å². The summed E-state index contributed by atoms with van der Waals surface area (Å²) >= 11 is 5.55. The summed E-state index contributed by atoms with van der Waals surface area (Å²) in [5, 5.41) is 2.89. The predicted octanol–water partition coefficient (Wildman–Crippen LogP) is 3.16. The van der Waals surface area contributed by atoms with Gasteiger partial charge in [-0.1, -0.05) is 6.07 Å². The number of rotatable bonds is 3. The number of carbonyl (C=O) groups is 1. The molecule has 0 radical (unpaired) electrons. The third-order valence-corrected chi connectivity index (χ3v) is 3.49. The van der Waals surface area contributed by atoms with Crippen molar-refractivity contribution in [2.45, 2.75) is 26.2 Å². The minimum absolute atomic E-state index is 0.00657. The van der Waals surface area contributed by atoms with Gasteiger partial charge in [0.15, 0.2) is 0 Å². The van der Waals surface area contributed by atoms with Crippen molar-refractivity contribution in [2.75, 3.05) is 29.2 Å². The van der Waals surface area contributed by atoms with Crippen LogP contribution < -0.4 is 10.2 Å². The van der Waals surface area contributed by atoms with Crippen molar-refractivity contribution in [3.8, 4) is 0 Å². The van der Waals surface area contributed by atoms with Gasteiger partial charge in [-0.15, -0.1) is 11.6 Å². The number of hydrogen-bond acceptors (Lipinski definition) is 2. The van der Waals surface area contributed by atoms with Crippen molar-refractivity contribution in [3.63, 3.8) is 0 Å². The van der Waals surface area contributed by atoms with Crippen LogP contribution in [0.2, 0.25) is 0 Å². The Hall–Kier alpha value is -1.22. The topological polar surface area (TPSA) is 32.3 Å². The lowest BCUT2D eigenvalue weighted by Crippen LogP contribution is -2.30. The number of aryl methyl sites for hydroxylation is 1. The first-order valence-corrected chi connectivity index (χ1v) is 6.95. The van der Waals surface area contributed by atoms with Crippen LogP contribution in [0.15, 0.2) is 18.2 Å². The van der Waals surface area contributed by atoms with Crippen molar-refractivity contribution in [1.29, 1.82) is 0 Å². The molecule has 1 amide bonds. The molecule has 1 aromatic rings. The predicted molar refractivity (Wildman–Crippen MR) is 76.6 cm³/mol. The van der Waals surface area contributed by atoms with E-state index in [2.05, 4.69) is 22.3 Å². The molecule has 0 bridgehead atoms. The van der Waals surface area contributed by atoms with E-state index < -0.39 is 0 Å². The van der Waals surface area contributed by atoms with Crippen LogP contribution in [-0.2, 0) is 4.79 Å². The molecule has 1 N–H and O–H groups in total. The van der Waals surface area contributed by atoms with E-state index >= 15 is 0 Å². The first kappa shape index (κ1) is 13.2. The molecule has 0 saturated carbocycles.